The lowest BCUT2D eigenvalue weighted by Gasteiger charge is -2.11. The Morgan fingerprint density at radius 1 is 1.07 bits per heavy atom. The lowest BCUT2D eigenvalue weighted by molar-refractivity contribution is -0.111. The molecule has 152 valence electrons. The maximum atomic E-state index is 12.7. The van der Waals surface area contributed by atoms with Crippen LogP contribution in [0.25, 0.3) is 6.08 Å². The van der Waals surface area contributed by atoms with Crippen LogP contribution in [0.1, 0.15) is 36.8 Å². The maximum absolute atomic E-state index is 12.7. The van der Waals surface area contributed by atoms with Crippen LogP contribution in [-0.4, -0.2) is 26.7 Å². The van der Waals surface area contributed by atoms with Gasteiger partial charge in [-0.3, -0.25) is 14.5 Å². The predicted octanol–water partition coefficient (Wildman–Crippen LogP) is 3.90. The van der Waals surface area contributed by atoms with Gasteiger partial charge < -0.3 is 5.32 Å². The first kappa shape index (κ1) is 20.8. The van der Waals surface area contributed by atoms with E-state index in [1.54, 1.807) is 18.2 Å². The molecule has 0 atom stereocenters. The Bertz CT molecular complexity index is 1040. The summed E-state index contributed by atoms with van der Waals surface area (Å²) in [6.45, 7) is 2.61. The van der Waals surface area contributed by atoms with Gasteiger partial charge in [-0.2, -0.15) is 0 Å². The number of hydrogen-bond donors (Lipinski definition) is 2. The van der Waals surface area contributed by atoms with Gasteiger partial charge in [-0.05, 0) is 55.2 Å². The number of rotatable bonds is 5. The van der Waals surface area contributed by atoms with Crippen LogP contribution in [0.3, 0.4) is 0 Å². The highest BCUT2D eigenvalue weighted by atomic mass is 32.2. The lowest BCUT2D eigenvalue weighted by atomic mass is 10.1. The van der Waals surface area contributed by atoms with Crippen LogP contribution in [0.5, 0.6) is 0 Å². The van der Waals surface area contributed by atoms with Crippen LogP contribution in [0.15, 0.2) is 64.5 Å². The van der Waals surface area contributed by atoms with Gasteiger partial charge in [-0.25, -0.2) is 8.42 Å². The Hall–Kier alpha value is -2.93. The zero-order chi connectivity index (χ0) is 20.7. The zero-order valence-electron chi connectivity index (χ0n) is 16.4. The van der Waals surface area contributed by atoms with Gasteiger partial charge in [0.2, 0.25) is 5.91 Å². The van der Waals surface area contributed by atoms with Crippen LogP contribution < -0.4 is 10.0 Å². The first-order chi connectivity index (χ1) is 13.9. The second-order valence-corrected chi connectivity index (χ2v) is 8.63. The molecule has 0 aliphatic carbocycles. The largest absolute Gasteiger partial charge is 0.322 e. The van der Waals surface area contributed by atoms with Crippen molar-refractivity contribution in [3.63, 3.8) is 0 Å². The molecule has 2 aromatic carbocycles. The fourth-order valence-electron chi connectivity index (χ4n) is 3.04. The van der Waals surface area contributed by atoms with Gasteiger partial charge in [0.15, 0.2) is 0 Å². The van der Waals surface area contributed by atoms with E-state index >= 15 is 0 Å². The summed E-state index contributed by atoms with van der Waals surface area (Å²) in [5.41, 5.74) is 2.43. The summed E-state index contributed by atoms with van der Waals surface area (Å²) in [5.74, 6) is 0.169. The Balaban J connectivity index is 1.69. The number of carbonyl (C=O) groups is 1. The molecule has 0 unspecified atom stereocenters. The molecule has 2 N–H and O–H groups in total. The molecule has 0 fully saturated rings. The quantitative estimate of drug-likeness (QED) is 0.732. The minimum atomic E-state index is -3.75. The van der Waals surface area contributed by atoms with Gasteiger partial charge in [0.25, 0.3) is 10.0 Å². The molecular formula is C22H25N3O3S. The van der Waals surface area contributed by atoms with Crippen LogP contribution >= 0.6 is 0 Å². The number of amidine groups is 1. The third kappa shape index (κ3) is 6.02. The second-order valence-electron chi connectivity index (χ2n) is 6.95. The van der Waals surface area contributed by atoms with Gasteiger partial charge in [-0.1, -0.05) is 36.8 Å². The number of aryl methyl sites for hydroxylation is 1. The number of nitrogens with zero attached hydrogens (tertiary/aromatic N) is 1. The number of aliphatic imine (C=N–C) groups is 1. The molecule has 1 heterocycles. The summed E-state index contributed by atoms with van der Waals surface area (Å²) < 4.78 is 27.9. The number of hydrogen-bond acceptors (Lipinski definition) is 4. The van der Waals surface area contributed by atoms with Crippen LogP contribution in [-0.2, 0) is 14.8 Å². The van der Waals surface area contributed by atoms with E-state index in [-0.39, 0.29) is 10.8 Å². The van der Waals surface area contributed by atoms with Crippen molar-refractivity contribution in [2.24, 2.45) is 4.99 Å². The number of anilines is 1. The first-order valence-corrected chi connectivity index (χ1v) is 11.1. The number of nitrogens with one attached hydrogen (secondary N) is 2. The zero-order valence-corrected chi connectivity index (χ0v) is 17.2. The summed E-state index contributed by atoms with van der Waals surface area (Å²) in [4.78, 5) is 16.6. The van der Waals surface area contributed by atoms with E-state index in [1.807, 2.05) is 31.2 Å². The topological polar surface area (TPSA) is 87.6 Å². The van der Waals surface area contributed by atoms with Crippen molar-refractivity contribution >= 4 is 33.5 Å². The van der Waals surface area contributed by atoms with Crippen molar-refractivity contribution in [1.82, 2.24) is 4.72 Å². The van der Waals surface area contributed by atoms with Gasteiger partial charge >= 0.3 is 0 Å². The van der Waals surface area contributed by atoms with Crippen molar-refractivity contribution in [2.45, 2.75) is 37.5 Å². The van der Waals surface area contributed by atoms with E-state index in [4.69, 9.17) is 0 Å². The number of sulfonamides is 1. The number of carbonyl (C=O) groups excluding carboxylic acids is 1. The SMILES string of the molecule is Cc1ccccc1/C=C/C(=O)Nc1cccc(S(=O)(=O)NC2=NCCCCC2)c1. The highest BCUT2D eigenvalue weighted by Crippen LogP contribution is 2.17. The monoisotopic (exact) mass is 411 g/mol. The highest BCUT2D eigenvalue weighted by molar-refractivity contribution is 7.90. The standard InChI is InChI=1S/C22H25N3O3S/c1-17-8-4-5-9-18(17)13-14-22(26)24-19-10-7-11-20(16-19)29(27,28)25-21-12-3-2-6-15-23-21/h4-5,7-11,13-14,16H,2-3,6,12,15H2,1H3,(H,23,25)(H,24,26)/b14-13+. The van der Waals surface area contributed by atoms with Crippen molar-refractivity contribution in [2.75, 3.05) is 11.9 Å². The molecule has 29 heavy (non-hydrogen) atoms. The van der Waals surface area contributed by atoms with Crippen molar-refractivity contribution in [1.29, 1.82) is 0 Å². The summed E-state index contributed by atoms with van der Waals surface area (Å²) >= 11 is 0. The van der Waals surface area contributed by atoms with E-state index in [1.165, 1.54) is 18.2 Å². The lowest BCUT2D eigenvalue weighted by Crippen LogP contribution is -2.30. The molecule has 0 bridgehead atoms. The van der Waals surface area contributed by atoms with E-state index in [9.17, 15) is 13.2 Å². The van der Waals surface area contributed by atoms with Gasteiger partial charge in [0.1, 0.15) is 5.84 Å². The van der Waals surface area contributed by atoms with Crippen molar-refractivity contribution < 1.29 is 13.2 Å². The van der Waals surface area contributed by atoms with E-state index in [2.05, 4.69) is 15.0 Å². The minimum Gasteiger partial charge on any atom is -0.322 e. The second kappa shape index (κ2) is 9.52. The third-order valence-corrected chi connectivity index (χ3v) is 6.02. The molecule has 2 aromatic rings. The molecule has 7 heteroatoms. The van der Waals surface area contributed by atoms with Crippen LogP contribution in [0.4, 0.5) is 5.69 Å². The minimum absolute atomic E-state index is 0.0881. The van der Waals surface area contributed by atoms with E-state index < -0.39 is 10.0 Å². The molecular weight excluding hydrogens is 386 g/mol. The predicted molar refractivity (Wildman–Crippen MR) is 116 cm³/mol. The average Bonchev–Trinajstić information content (AvgIpc) is 2.96. The fourth-order valence-corrected chi connectivity index (χ4v) is 4.17. The molecule has 1 aliphatic heterocycles. The van der Waals surface area contributed by atoms with Gasteiger partial charge in [-0.15, -0.1) is 0 Å². The van der Waals surface area contributed by atoms with Gasteiger partial charge in [0, 0.05) is 24.7 Å². The number of amides is 1. The number of benzene rings is 2. The van der Waals surface area contributed by atoms with Gasteiger partial charge in [0.05, 0.1) is 4.90 Å². The van der Waals surface area contributed by atoms with E-state index in [0.29, 0.717) is 24.5 Å². The molecule has 1 amide bonds. The molecule has 0 saturated carbocycles. The normalized spacial score (nSPS) is 14.9. The fraction of sp³-hybridized carbons (Fsp3) is 0.273. The molecule has 3 rings (SSSR count). The molecule has 6 nitrogen and oxygen atoms in total. The maximum Gasteiger partial charge on any atom is 0.262 e. The molecule has 0 saturated heterocycles. The Morgan fingerprint density at radius 2 is 1.90 bits per heavy atom. The third-order valence-electron chi connectivity index (χ3n) is 4.64. The van der Waals surface area contributed by atoms with Crippen LogP contribution in [0, 0.1) is 6.92 Å². The summed E-state index contributed by atoms with van der Waals surface area (Å²) in [5, 5.41) is 2.71. The Kier molecular flexibility index (Phi) is 6.82. The Labute approximate surface area is 171 Å². The molecule has 1 aliphatic rings. The summed E-state index contributed by atoms with van der Waals surface area (Å²) in [7, 11) is -3.75. The van der Waals surface area contributed by atoms with Crippen molar-refractivity contribution in [3.05, 3.63) is 65.7 Å². The average molecular weight is 412 g/mol. The molecule has 0 radical (unpaired) electrons. The smallest absolute Gasteiger partial charge is 0.262 e. The summed E-state index contributed by atoms with van der Waals surface area (Å²) in [6.07, 6.45) is 6.73. The van der Waals surface area contributed by atoms with Crippen molar-refractivity contribution in [3.8, 4) is 0 Å². The first-order valence-electron chi connectivity index (χ1n) is 9.65. The molecule has 0 spiro atoms. The van der Waals surface area contributed by atoms with E-state index in [0.717, 1.165) is 30.4 Å². The Morgan fingerprint density at radius 3 is 2.72 bits per heavy atom. The molecule has 0 aromatic heterocycles. The highest BCUT2D eigenvalue weighted by Gasteiger charge is 2.17. The van der Waals surface area contributed by atoms with Crippen LogP contribution in [0.2, 0.25) is 0 Å². The summed E-state index contributed by atoms with van der Waals surface area (Å²) in [6, 6.07) is 13.9.